The first-order valence-corrected chi connectivity index (χ1v) is 8.10. The monoisotopic (exact) mass is 261 g/mol. The van der Waals surface area contributed by atoms with E-state index in [9.17, 15) is 0 Å². The number of rotatable bonds is 6. The summed E-state index contributed by atoms with van der Waals surface area (Å²) in [5.74, 6) is 3.01. The molecule has 0 radical (unpaired) electrons. The summed E-state index contributed by atoms with van der Waals surface area (Å²) >= 11 is 0. The lowest BCUT2D eigenvalue weighted by molar-refractivity contribution is 0.223. The van der Waals surface area contributed by atoms with Gasteiger partial charge in [-0.25, -0.2) is 4.98 Å². The van der Waals surface area contributed by atoms with Gasteiger partial charge in [-0.1, -0.05) is 12.8 Å². The highest BCUT2D eigenvalue weighted by Gasteiger charge is 2.28. The summed E-state index contributed by atoms with van der Waals surface area (Å²) in [7, 11) is 0. The van der Waals surface area contributed by atoms with Gasteiger partial charge in [0.1, 0.15) is 5.82 Å². The highest BCUT2D eigenvalue weighted by atomic mass is 15.1. The topological polar surface area (TPSA) is 29.9 Å². The van der Waals surface area contributed by atoms with Gasteiger partial charge in [0, 0.05) is 31.4 Å². The molecule has 2 unspecified atom stereocenters. The van der Waals surface area contributed by atoms with Crippen LogP contribution in [0.15, 0.2) is 12.4 Å². The number of aromatic nitrogens is 2. The number of imidazole rings is 1. The Bertz CT molecular complexity index is 394. The molecule has 3 rings (SSSR count). The van der Waals surface area contributed by atoms with Gasteiger partial charge in [0.05, 0.1) is 0 Å². The van der Waals surface area contributed by atoms with E-state index in [2.05, 4.69) is 28.0 Å². The largest absolute Gasteiger partial charge is 0.335 e. The van der Waals surface area contributed by atoms with E-state index in [4.69, 9.17) is 0 Å². The fraction of sp³-hybridized carbons (Fsp3) is 0.812. The van der Waals surface area contributed by atoms with E-state index in [1.165, 1.54) is 57.3 Å². The van der Waals surface area contributed by atoms with E-state index < -0.39 is 0 Å². The lowest BCUT2D eigenvalue weighted by Crippen LogP contribution is -2.33. The second-order valence-electron chi connectivity index (χ2n) is 6.32. The number of nitrogens with one attached hydrogen (secondary N) is 1. The molecule has 1 aromatic rings. The fourth-order valence-electron chi connectivity index (χ4n) is 3.48. The molecule has 2 fully saturated rings. The maximum atomic E-state index is 4.57. The van der Waals surface area contributed by atoms with Crippen LogP contribution in [0.4, 0.5) is 0 Å². The van der Waals surface area contributed by atoms with Crippen molar-refractivity contribution in [1.29, 1.82) is 0 Å². The molecule has 0 aliphatic heterocycles. The Morgan fingerprint density at radius 3 is 2.74 bits per heavy atom. The van der Waals surface area contributed by atoms with E-state index in [1.807, 2.05) is 6.20 Å². The van der Waals surface area contributed by atoms with Gasteiger partial charge < -0.3 is 9.88 Å². The average Bonchev–Trinajstić information content (AvgIpc) is 3.16. The van der Waals surface area contributed by atoms with Crippen molar-refractivity contribution in [3.8, 4) is 0 Å². The minimum atomic E-state index is 0.840. The van der Waals surface area contributed by atoms with Crippen LogP contribution in [0.2, 0.25) is 0 Å². The Balaban J connectivity index is 1.59. The minimum Gasteiger partial charge on any atom is -0.335 e. The number of hydrogen-bond donors (Lipinski definition) is 1. The van der Waals surface area contributed by atoms with Crippen molar-refractivity contribution in [1.82, 2.24) is 14.9 Å². The predicted octanol–water partition coefficient (Wildman–Crippen LogP) is 3.00. The molecule has 0 aromatic carbocycles. The molecule has 0 amide bonds. The van der Waals surface area contributed by atoms with Crippen molar-refractivity contribution < 1.29 is 0 Å². The van der Waals surface area contributed by atoms with Gasteiger partial charge in [-0.05, 0) is 51.0 Å². The molecule has 1 N–H and O–H groups in total. The maximum absolute atomic E-state index is 4.57. The van der Waals surface area contributed by atoms with Gasteiger partial charge in [-0.15, -0.1) is 0 Å². The molecule has 1 heterocycles. The van der Waals surface area contributed by atoms with Crippen molar-refractivity contribution in [2.75, 3.05) is 6.54 Å². The molecule has 3 nitrogen and oxygen atoms in total. The summed E-state index contributed by atoms with van der Waals surface area (Å²) in [6, 6.07) is 0.847. The summed E-state index contributed by atoms with van der Waals surface area (Å²) in [4.78, 5) is 4.57. The lowest BCUT2D eigenvalue weighted by atomic mass is 9.77. The van der Waals surface area contributed by atoms with Crippen molar-refractivity contribution >= 4 is 0 Å². The average molecular weight is 261 g/mol. The number of hydrogen-bond acceptors (Lipinski definition) is 2. The van der Waals surface area contributed by atoms with E-state index in [-0.39, 0.29) is 0 Å². The van der Waals surface area contributed by atoms with Crippen molar-refractivity contribution in [2.45, 2.75) is 64.5 Å². The van der Waals surface area contributed by atoms with Gasteiger partial charge in [0.25, 0.3) is 0 Å². The molecule has 2 saturated carbocycles. The quantitative estimate of drug-likeness (QED) is 0.853. The summed E-state index contributed by atoms with van der Waals surface area (Å²) in [5.41, 5.74) is 0. The van der Waals surface area contributed by atoms with E-state index >= 15 is 0 Å². The van der Waals surface area contributed by atoms with Crippen LogP contribution in [0.5, 0.6) is 0 Å². The van der Waals surface area contributed by atoms with Gasteiger partial charge >= 0.3 is 0 Å². The van der Waals surface area contributed by atoms with Crippen LogP contribution < -0.4 is 5.32 Å². The van der Waals surface area contributed by atoms with E-state index in [0.717, 1.165) is 24.4 Å². The van der Waals surface area contributed by atoms with Crippen LogP contribution in [0, 0.1) is 11.8 Å². The molecule has 2 aliphatic rings. The Morgan fingerprint density at radius 1 is 1.21 bits per heavy atom. The van der Waals surface area contributed by atoms with Crippen LogP contribution in [-0.2, 0) is 13.0 Å². The minimum absolute atomic E-state index is 0.840. The second kappa shape index (κ2) is 6.08. The smallest absolute Gasteiger partial charge is 0.108 e. The predicted molar refractivity (Wildman–Crippen MR) is 78.1 cm³/mol. The first kappa shape index (κ1) is 13.2. The van der Waals surface area contributed by atoms with Gasteiger partial charge in [0.2, 0.25) is 0 Å². The highest BCUT2D eigenvalue weighted by Crippen LogP contribution is 2.32. The van der Waals surface area contributed by atoms with Crippen molar-refractivity contribution in [3.05, 3.63) is 18.2 Å². The highest BCUT2D eigenvalue weighted by molar-refractivity contribution is 4.96. The van der Waals surface area contributed by atoms with Gasteiger partial charge in [-0.2, -0.15) is 0 Å². The zero-order valence-corrected chi connectivity index (χ0v) is 12.1. The maximum Gasteiger partial charge on any atom is 0.108 e. The standard InChI is InChI=1S/C16H27N3/c1-2-19-10-9-17-16(19)11-13-5-3-4-6-14(13)12-18-15-7-8-15/h9-10,13-15,18H,2-8,11-12H2,1H3. The Morgan fingerprint density at radius 2 is 2.00 bits per heavy atom. The molecule has 19 heavy (non-hydrogen) atoms. The molecule has 0 spiro atoms. The van der Waals surface area contributed by atoms with Crippen LogP contribution in [0.3, 0.4) is 0 Å². The summed E-state index contributed by atoms with van der Waals surface area (Å²) in [6.45, 7) is 4.49. The second-order valence-corrected chi connectivity index (χ2v) is 6.32. The van der Waals surface area contributed by atoms with Crippen LogP contribution in [-0.4, -0.2) is 22.1 Å². The molecule has 2 atom stereocenters. The third-order valence-corrected chi connectivity index (χ3v) is 4.90. The van der Waals surface area contributed by atoms with E-state index in [0.29, 0.717) is 0 Å². The van der Waals surface area contributed by atoms with Crippen LogP contribution in [0.1, 0.15) is 51.3 Å². The van der Waals surface area contributed by atoms with Gasteiger partial charge in [0.15, 0.2) is 0 Å². The molecule has 0 bridgehead atoms. The summed E-state index contributed by atoms with van der Waals surface area (Å²) in [5, 5.41) is 3.74. The molecule has 2 aliphatic carbocycles. The number of aryl methyl sites for hydroxylation is 1. The molecule has 1 aromatic heterocycles. The molecule has 106 valence electrons. The Labute approximate surface area is 116 Å². The number of nitrogens with zero attached hydrogens (tertiary/aromatic N) is 2. The zero-order chi connectivity index (χ0) is 13.1. The van der Waals surface area contributed by atoms with Crippen LogP contribution in [0.25, 0.3) is 0 Å². The fourth-order valence-corrected chi connectivity index (χ4v) is 3.48. The third-order valence-electron chi connectivity index (χ3n) is 4.90. The lowest BCUT2D eigenvalue weighted by Gasteiger charge is -2.31. The normalized spacial score (nSPS) is 27.6. The SMILES string of the molecule is CCn1ccnc1CC1CCCCC1CNC1CC1. The molecule has 0 saturated heterocycles. The Kier molecular flexibility index (Phi) is 4.21. The summed E-state index contributed by atoms with van der Waals surface area (Å²) in [6.07, 6.45) is 13.7. The Hall–Kier alpha value is -0.830. The molecule has 3 heteroatoms. The van der Waals surface area contributed by atoms with Crippen LogP contribution >= 0.6 is 0 Å². The molecular formula is C16H27N3. The first-order chi connectivity index (χ1) is 9.36. The summed E-state index contributed by atoms with van der Waals surface area (Å²) < 4.78 is 2.31. The third kappa shape index (κ3) is 3.38. The van der Waals surface area contributed by atoms with E-state index in [1.54, 1.807) is 0 Å². The van der Waals surface area contributed by atoms with Gasteiger partial charge in [-0.3, -0.25) is 0 Å². The zero-order valence-electron chi connectivity index (χ0n) is 12.1. The first-order valence-electron chi connectivity index (χ1n) is 8.10. The van der Waals surface area contributed by atoms with Crippen molar-refractivity contribution in [2.24, 2.45) is 11.8 Å². The molecular weight excluding hydrogens is 234 g/mol. The van der Waals surface area contributed by atoms with Crippen molar-refractivity contribution in [3.63, 3.8) is 0 Å².